The number of rotatable bonds is 3. The molecule has 2 atom stereocenters. The smallest absolute Gasteiger partial charge is 0.257 e. The van der Waals surface area contributed by atoms with Gasteiger partial charge in [-0.15, -0.1) is 0 Å². The van der Waals surface area contributed by atoms with Crippen LogP contribution in [0.1, 0.15) is 33.6 Å². The fourth-order valence-corrected chi connectivity index (χ4v) is 4.15. The monoisotopic (exact) mass is 265 g/mol. The molecule has 94 valence electrons. The van der Waals surface area contributed by atoms with E-state index in [0.29, 0.717) is 11.6 Å². The SMILES string of the molecule is CC[C@@H](C)OC(=S)N[C@@]1(C)CCS(=O)(=O)C1. The molecular weight excluding hydrogens is 246 g/mol. The van der Waals surface area contributed by atoms with E-state index in [1.165, 1.54) is 0 Å². The maximum absolute atomic E-state index is 11.4. The largest absolute Gasteiger partial charge is 0.468 e. The molecule has 0 aromatic rings. The third-order valence-corrected chi connectivity index (χ3v) is 4.89. The van der Waals surface area contributed by atoms with Crippen molar-refractivity contribution in [2.75, 3.05) is 11.5 Å². The second kappa shape index (κ2) is 4.87. The number of hydrogen-bond donors (Lipinski definition) is 1. The molecular formula is C10H19NO3S2. The van der Waals surface area contributed by atoms with Crippen molar-refractivity contribution in [2.45, 2.75) is 45.3 Å². The van der Waals surface area contributed by atoms with Crippen LogP contribution in [0.5, 0.6) is 0 Å². The van der Waals surface area contributed by atoms with Gasteiger partial charge in [0.25, 0.3) is 5.17 Å². The first-order valence-corrected chi connectivity index (χ1v) is 7.68. The van der Waals surface area contributed by atoms with Crippen molar-refractivity contribution in [2.24, 2.45) is 0 Å². The van der Waals surface area contributed by atoms with Crippen molar-refractivity contribution in [1.82, 2.24) is 5.32 Å². The minimum atomic E-state index is -2.91. The molecule has 1 N–H and O–H groups in total. The molecule has 1 fully saturated rings. The molecule has 0 radical (unpaired) electrons. The summed E-state index contributed by atoms with van der Waals surface area (Å²) in [4.78, 5) is 0. The van der Waals surface area contributed by atoms with Crippen molar-refractivity contribution in [1.29, 1.82) is 0 Å². The Morgan fingerprint density at radius 1 is 1.62 bits per heavy atom. The van der Waals surface area contributed by atoms with Gasteiger partial charge in [-0.3, -0.25) is 0 Å². The lowest BCUT2D eigenvalue weighted by molar-refractivity contribution is 0.193. The second-order valence-electron chi connectivity index (χ2n) is 4.65. The zero-order chi connectivity index (χ0) is 12.4. The van der Waals surface area contributed by atoms with Gasteiger partial charge in [0.1, 0.15) is 0 Å². The summed E-state index contributed by atoms with van der Waals surface area (Å²) in [5.41, 5.74) is -0.469. The molecule has 1 aliphatic heterocycles. The van der Waals surface area contributed by atoms with Crippen LogP contribution in [0.3, 0.4) is 0 Å². The third-order valence-electron chi connectivity index (χ3n) is 2.79. The molecule has 6 heteroatoms. The molecule has 0 amide bonds. The van der Waals surface area contributed by atoms with Gasteiger partial charge < -0.3 is 10.1 Å². The van der Waals surface area contributed by atoms with Crippen molar-refractivity contribution in [3.8, 4) is 0 Å². The molecule has 0 saturated carbocycles. The summed E-state index contributed by atoms with van der Waals surface area (Å²) in [6.07, 6.45) is 1.51. The van der Waals surface area contributed by atoms with E-state index in [2.05, 4.69) is 5.32 Å². The van der Waals surface area contributed by atoms with Crippen LogP contribution in [0.2, 0.25) is 0 Å². The maximum Gasteiger partial charge on any atom is 0.257 e. The first-order chi connectivity index (χ1) is 7.26. The van der Waals surface area contributed by atoms with Gasteiger partial charge in [0, 0.05) is 0 Å². The van der Waals surface area contributed by atoms with E-state index in [-0.39, 0.29) is 17.6 Å². The minimum absolute atomic E-state index is 0.0570. The predicted molar refractivity (Wildman–Crippen MR) is 68.2 cm³/mol. The van der Waals surface area contributed by atoms with Crippen LogP contribution in [0.4, 0.5) is 0 Å². The standard InChI is InChI=1S/C10H19NO3S2/c1-4-8(2)14-9(15)11-10(3)5-6-16(12,13)7-10/h8H,4-7H2,1-3H3,(H,11,15)/t8-,10+/m1/s1. The van der Waals surface area contributed by atoms with Crippen molar-refractivity contribution < 1.29 is 13.2 Å². The summed E-state index contributed by atoms with van der Waals surface area (Å²) in [5.74, 6) is 0.354. The Morgan fingerprint density at radius 2 is 2.25 bits per heavy atom. The highest BCUT2D eigenvalue weighted by Crippen LogP contribution is 2.23. The van der Waals surface area contributed by atoms with Gasteiger partial charge in [0.2, 0.25) is 0 Å². The van der Waals surface area contributed by atoms with Crippen LogP contribution in [-0.4, -0.2) is 36.7 Å². The Morgan fingerprint density at radius 3 is 2.69 bits per heavy atom. The first-order valence-electron chi connectivity index (χ1n) is 5.45. The number of thiocarbonyl (C=S) groups is 1. The Bertz CT molecular complexity index is 366. The highest BCUT2D eigenvalue weighted by atomic mass is 32.2. The van der Waals surface area contributed by atoms with E-state index in [4.69, 9.17) is 17.0 Å². The topological polar surface area (TPSA) is 55.4 Å². The molecule has 4 nitrogen and oxygen atoms in total. The second-order valence-corrected chi connectivity index (χ2v) is 7.21. The molecule has 0 aromatic carbocycles. The van der Waals surface area contributed by atoms with Gasteiger partial charge in [-0.05, 0) is 38.9 Å². The first kappa shape index (κ1) is 13.7. The van der Waals surface area contributed by atoms with Gasteiger partial charge in [0.05, 0.1) is 23.1 Å². The van der Waals surface area contributed by atoms with Crippen molar-refractivity contribution in [3.05, 3.63) is 0 Å². The van der Waals surface area contributed by atoms with E-state index in [0.717, 1.165) is 6.42 Å². The van der Waals surface area contributed by atoms with Crippen LogP contribution in [0.25, 0.3) is 0 Å². The maximum atomic E-state index is 11.4. The molecule has 0 aliphatic carbocycles. The van der Waals surface area contributed by atoms with E-state index in [1.54, 1.807) is 0 Å². The van der Waals surface area contributed by atoms with E-state index in [1.807, 2.05) is 20.8 Å². The highest BCUT2D eigenvalue weighted by molar-refractivity contribution is 7.91. The fraction of sp³-hybridized carbons (Fsp3) is 0.900. The minimum Gasteiger partial charge on any atom is -0.468 e. The molecule has 1 aliphatic rings. The zero-order valence-electron chi connectivity index (χ0n) is 9.95. The Labute approximate surface area is 103 Å². The summed E-state index contributed by atoms with van der Waals surface area (Å²) in [6.45, 7) is 5.81. The van der Waals surface area contributed by atoms with Crippen LogP contribution in [-0.2, 0) is 14.6 Å². The summed E-state index contributed by atoms with van der Waals surface area (Å²) in [7, 11) is -2.91. The van der Waals surface area contributed by atoms with Crippen molar-refractivity contribution >= 4 is 27.2 Å². The fourth-order valence-electron chi connectivity index (χ4n) is 1.65. The third kappa shape index (κ3) is 3.90. The number of hydrogen-bond acceptors (Lipinski definition) is 4. The summed E-state index contributed by atoms with van der Waals surface area (Å²) in [5, 5.41) is 3.31. The van der Waals surface area contributed by atoms with Gasteiger partial charge >= 0.3 is 0 Å². The zero-order valence-corrected chi connectivity index (χ0v) is 11.6. The van der Waals surface area contributed by atoms with Crippen LogP contribution in [0.15, 0.2) is 0 Å². The van der Waals surface area contributed by atoms with Gasteiger partial charge in [-0.1, -0.05) is 6.92 Å². The molecule has 1 saturated heterocycles. The molecule has 0 bridgehead atoms. The van der Waals surface area contributed by atoms with E-state index in [9.17, 15) is 8.42 Å². The quantitative estimate of drug-likeness (QED) is 0.778. The lowest BCUT2D eigenvalue weighted by atomic mass is 10.0. The molecule has 1 rings (SSSR count). The average molecular weight is 265 g/mol. The van der Waals surface area contributed by atoms with Gasteiger partial charge in [-0.25, -0.2) is 8.42 Å². The molecule has 0 aromatic heterocycles. The summed E-state index contributed by atoms with van der Waals surface area (Å²) >= 11 is 5.05. The normalized spacial score (nSPS) is 29.7. The Kier molecular flexibility index (Phi) is 4.17. The van der Waals surface area contributed by atoms with Gasteiger partial charge in [0.15, 0.2) is 9.84 Å². The van der Waals surface area contributed by atoms with Crippen LogP contribution in [0, 0.1) is 0 Å². The average Bonchev–Trinajstić information content (AvgIpc) is 2.39. The van der Waals surface area contributed by atoms with Crippen LogP contribution >= 0.6 is 12.2 Å². The Balaban J connectivity index is 2.52. The predicted octanol–water partition coefficient (Wildman–Crippen LogP) is 1.25. The number of nitrogens with one attached hydrogen (secondary N) is 1. The highest BCUT2D eigenvalue weighted by Gasteiger charge is 2.39. The molecule has 1 heterocycles. The van der Waals surface area contributed by atoms with E-state index >= 15 is 0 Å². The summed E-state index contributed by atoms with van der Waals surface area (Å²) < 4.78 is 28.2. The number of ether oxygens (including phenoxy) is 1. The molecule has 0 spiro atoms. The lowest BCUT2D eigenvalue weighted by Gasteiger charge is -2.26. The molecule has 16 heavy (non-hydrogen) atoms. The summed E-state index contributed by atoms with van der Waals surface area (Å²) in [6, 6.07) is 0. The van der Waals surface area contributed by atoms with Crippen molar-refractivity contribution in [3.63, 3.8) is 0 Å². The number of sulfone groups is 1. The molecule has 0 unspecified atom stereocenters. The lowest BCUT2D eigenvalue weighted by Crippen LogP contribution is -2.47. The van der Waals surface area contributed by atoms with Gasteiger partial charge in [-0.2, -0.15) is 0 Å². The van der Waals surface area contributed by atoms with E-state index < -0.39 is 15.4 Å². The van der Waals surface area contributed by atoms with Crippen LogP contribution < -0.4 is 5.32 Å². The Hall–Kier alpha value is -0.360.